The fourth-order valence-electron chi connectivity index (χ4n) is 7.08. The number of β-amino-alcohol motifs (C(OH)–C–C–N with tert-alkyl or cyclic N) is 1. The molecule has 1 saturated heterocycles. The molecule has 0 aliphatic carbocycles. The summed E-state index contributed by atoms with van der Waals surface area (Å²) in [6, 6.07) is 0. The number of piperazine rings is 1. The third kappa shape index (κ3) is 41.5. The molecule has 1 rings (SSSR count). The standard InChI is InChI=1S/C54H99N3O15/c1-4-7-10-13-16-19-34-64-46-67-37-22-25-40-70-52(61)49(58)43-56-31-28-55(29-32-56)30-33-57(44-50(59)53(62)71-41-26-23-38-68-47-65-35-20-17-14-11-8-5-2)45-51(60)54(63)72-42-27-24-39-69-48-66-36-21-18-15-12-9-6-3/h13-18,49-51,58-60H,4-12,19-48H2,1-3H3/b16-13-,17-14-,18-15-. The maximum absolute atomic E-state index is 12.8. The number of carbonyl (C=O) groups is 3. The topological polar surface area (TPSA) is 205 Å². The number of unbranched alkanes of at least 4 members (excludes halogenated alkanes) is 9. The van der Waals surface area contributed by atoms with Gasteiger partial charge in [0.2, 0.25) is 0 Å². The summed E-state index contributed by atoms with van der Waals surface area (Å²) < 4.78 is 48.9. The van der Waals surface area contributed by atoms with Gasteiger partial charge < -0.3 is 58.0 Å². The SMILES string of the molecule is CCCC/C=C\CCOCOCCCCOC(=O)C(O)CN1CCN(CCN(CC(O)C(=O)OCCCCOCOCC/C=C\CCCC)CC(O)C(=O)OCCCCOCOCC/C=C\CCCC)CC1. The summed E-state index contributed by atoms with van der Waals surface area (Å²) in [5.74, 6) is -2.24. The van der Waals surface area contributed by atoms with Crippen molar-refractivity contribution >= 4 is 17.9 Å². The summed E-state index contributed by atoms with van der Waals surface area (Å²) in [5.41, 5.74) is 0. The van der Waals surface area contributed by atoms with Crippen LogP contribution in [0.4, 0.5) is 0 Å². The van der Waals surface area contributed by atoms with E-state index in [9.17, 15) is 29.7 Å². The Labute approximate surface area is 433 Å². The molecule has 3 unspecified atom stereocenters. The predicted octanol–water partition coefficient (Wildman–Crippen LogP) is 6.34. The lowest BCUT2D eigenvalue weighted by Gasteiger charge is -2.36. The van der Waals surface area contributed by atoms with Crippen LogP contribution in [0.2, 0.25) is 0 Å². The highest BCUT2D eigenvalue weighted by molar-refractivity contribution is 5.75. The average Bonchev–Trinajstić information content (AvgIpc) is 3.38. The van der Waals surface area contributed by atoms with Crippen molar-refractivity contribution in [1.29, 1.82) is 0 Å². The number of nitrogens with zero attached hydrogens (tertiary/aromatic N) is 3. The Hall–Kier alpha value is -2.85. The number of carbonyl (C=O) groups excluding carboxylic acids is 3. The van der Waals surface area contributed by atoms with Crippen LogP contribution in [0.5, 0.6) is 0 Å². The molecule has 0 aromatic rings. The van der Waals surface area contributed by atoms with Crippen molar-refractivity contribution < 1.29 is 72.3 Å². The van der Waals surface area contributed by atoms with E-state index < -0.39 is 36.2 Å². The molecule has 1 aliphatic heterocycles. The van der Waals surface area contributed by atoms with Crippen LogP contribution >= 0.6 is 0 Å². The molecule has 0 aromatic heterocycles. The second kappa shape index (κ2) is 50.3. The Balaban J connectivity index is 2.47. The number of hydrogen-bond donors (Lipinski definition) is 3. The van der Waals surface area contributed by atoms with Gasteiger partial charge in [-0.05, 0) is 77.0 Å². The second-order valence-electron chi connectivity index (χ2n) is 18.1. The Morgan fingerprint density at radius 2 is 0.750 bits per heavy atom. The zero-order chi connectivity index (χ0) is 52.4. The maximum atomic E-state index is 12.8. The van der Waals surface area contributed by atoms with Gasteiger partial charge in [-0.25, -0.2) is 14.4 Å². The predicted molar refractivity (Wildman–Crippen MR) is 278 cm³/mol. The number of hydrogen-bond acceptors (Lipinski definition) is 18. The van der Waals surface area contributed by atoms with E-state index in [-0.39, 0.29) is 59.8 Å². The van der Waals surface area contributed by atoms with Crippen molar-refractivity contribution in [2.24, 2.45) is 0 Å². The summed E-state index contributed by atoms with van der Waals surface area (Å²) in [6.45, 7) is 13.8. The zero-order valence-electron chi connectivity index (χ0n) is 44.9. The molecule has 0 amide bonds. The molecule has 18 heteroatoms. The first-order valence-electron chi connectivity index (χ1n) is 27.3. The molecule has 0 bridgehead atoms. The molecular formula is C54H99N3O15. The molecule has 0 aromatic carbocycles. The number of esters is 3. The third-order valence-electron chi connectivity index (χ3n) is 11.5. The van der Waals surface area contributed by atoms with Gasteiger partial charge in [-0.3, -0.25) is 14.7 Å². The van der Waals surface area contributed by atoms with Crippen LogP contribution in [0.25, 0.3) is 0 Å². The second-order valence-corrected chi connectivity index (χ2v) is 18.1. The Kier molecular flexibility index (Phi) is 46.9. The number of aliphatic hydroxyl groups is 3. The van der Waals surface area contributed by atoms with Crippen molar-refractivity contribution in [2.45, 2.75) is 155 Å². The third-order valence-corrected chi connectivity index (χ3v) is 11.5. The monoisotopic (exact) mass is 1030 g/mol. The minimum absolute atomic E-state index is 0.104. The smallest absolute Gasteiger partial charge is 0.336 e. The number of rotatable bonds is 51. The van der Waals surface area contributed by atoms with Crippen LogP contribution in [0.3, 0.4) is 0 Å². The first-order chi connectivity index (χ1) is 35.2. The molecule has 420 valence electrons. The fourth-order valence-corrected chi connectivity index (χ4v) is 7.08. The van der Waals surface area contributed by atoms with E-state index in [4.69, 9.17) is 42.6 Å². The molecule has 1 fully saturated rings. The van der Waals surface area contributed by atoms with Gasteiger partial charge in [-0.1, -0.05) is 95.8 Å². The van der Waals surface area contributed by atoms with Crippen molar-refractivity contribution in [1.82, 2.24) is 14.7 Å². The lowest BCUT2D eigenvalue weighted by molar-refractivity contribution is -0.157. The lowest BCUT2D eigenvalue weighted by atomic mass is 10.2. The number of allylic oxidation sites excluding steroid dienone is 3. The number of aliphatic hydroxyl groups excluding tert-OH is 3. The molecule has 3 atom stereocenters. The molecule has 1 heterocycles. The van der Waals surface area contributed by atoms with Crippen molar-refractivity contribution in [2.75, 3.05) is 139 Å². The maximum Gasteiger partial charge on any atom is 0.336 e. The Bertz CT molecular complexity index is 1290. The van der Waals surface area contributed by atoms with E-state index in [0.717, 1.165) is 38.5 Å². The van der Waals surface area contributed by atoms with Crippen LogP contribution in [-0.2, 0) is 57.0 Å². The van der Waals surface area contributed by atoms with E-state index in [1.54, 1.807) is 4.90 Å². The molecule has 0 radical (unpaired) electrons. The average molecular weight is 1030 g/mol. The van der Waals surface area contributed by atoms with Gasteiger partial charge >= 0.3 is 17.9 Å². The highest BCUT2D eigenvalue weighted by Gasteiger charge is 2.28. The minimum Gasteiger partial charge on any atom is -0.464 e. The van der Waals surface area contributed by atoms with Crippen LogP contribution in [-0.4, -0.2) is 205 Å². The van der Waals surface area contributed by atoms with Gasteiger partial charge in [0.25, 0.3) is 0 Å². The van der Waals surface area contributed by atoms with E-state index in [2.05, 4.69) is 62.1 Å². The van der Waals surface area contributed by atoms with Crippen LogP contribution < -0.4 is 0 Å². The fraction of sp³-hybridized carbons (Fsp3) is 0.833. The largest absolute Gasteiger partial charge is 0.464 e. The molecular weight excluding hydrogens is 931 g/mol. The summed E-state index contributed by atoms with van der Waals surface area (Å²) in [6.07, 6.45) is 25.2. The first-order valence-corrected chi connectivity index (χ1v) is 27.3. The van der Waals surface area contributed by atoms with Gasteiger partial charge in [-0.2, -0.15) is 0 Å². The van der Waals surface area contributed by atoms with Crippen molar-refractivity contribution in [3.8, 4) is 0 Å². The van der Waals surface area contributed by atoms with Gasteiger partial charge in [0.05, 0.1) is 39.6 Å². The van der Waals surface area contributed by atoms with Gasteiger partial charge in [0.15, 0.2) is 18.3 Å². The van der Waals surface area contributed by atoms with Gasteiger partial charge in [-0.15, -0.1) is 0 Å². The Morgan fingerprint density at radius 3 is 1.12 bits per heavy atom. The highest BCUT2D eigenvalue weighted by atomic mass is 16.7. The van der Waals surface area contributed by atoms with Crippen molar-refractivity contribution in [3.63, 3.8) is 0 Å². The highest BCUT2D eigenvalue weighted by Crippen LogP contribution is 2.08. The van der Waals surface area contributed by atoms with Crippen molar-refractivity contribution in [3.05, 3.63) is 36.5 Å². The van der Waals surface area contributed by atoms with E-state index in [1.165, 1.54) is 38.5 Å². The summed E-state index contributed by atoms with van der Waals surface area (Å²) in [4.78, 5) is 44.0. The number of ether oxygens (including phenoxy) is 9. The van der Waals surface area contributed by atoms with Crippen LogP contribution in [0.15, 0.2) is 36.5 Å². The summed E-state index contributed by atoms with van der Waals surface area (Å²) in [7, 11) is 0. The van der Waals surface area contributed by atoms with E-state index >= 15 is 0 Å². The van der Waals surface area contributed by atoms with Gasteiger partial charge in [0.1, 0.15) is 20.4 Å². The lowest BCUT2D eigenvalue weighted by Crippen LogP contribution is -2.52. The van der Waals surface area contributed by atoms with Crippen LogP contribution in [0.1, 0.15) is 136 Å². The first kappa shape index (κ1) is 67.2. The molecule has 0 saturated carbocycles. The summed E-state index contributed by atoms with van der Waals surface area (Å²) >= 11 is 0. The van der Waals surface area contributed by atoms with Crippen LogP contribution in [0, 0.1) is 0 Å². The molecule has 1 aliphatic rings. The molecule has 0 spiro atoms. The van der Waals surface area contributed by atoms with Gasteiger partial charge in [0, 0.05) is 78.7 Å². The Morgan fingerprint density at radius 1 is 0.431 bits per heavy atom. The van der Waals surface area contributed by atoms with E-state index in [1.807, 2.05) is 4.90 Å². The zero-order valence-corrected chi connectivity index (χ0v) is 44.9. The molecule has 18 nitrogen and oxygen atoms in total. The summed E-state index contributed by atoms with van der Waals surface area (Å²) in [5, 5.41) is 32.3. The molecule has 3 N–H and O–H groups in total. The normalized spacial score (nSPS) is 15.0. The minimum atomic E-state index is -1.51. The van der Waals surface area contributed by atoms with E-state index in [0.29, 0.717) is 117 Å². The quantitative estimate of drug-likeness (QED) is 0.0200. The molecule has 72 heavy (non-hydrogen) atoms.